The molecule has 5 nitrogen and oxygen atoms in total. The van der Waals surface area contributed by atoms with Crippen LogP contribution in [0.1, 0.15) is 45.3 Å². The number of fused-ring (bicyclic) bond motifs is 4. The maximum absolute atomic E-state index is 12.9. The topological polar surface area (TPSA) is 56.8 Å². The van der Waals surface area contributed by atoms with Crippen LogP contribution in [0, 0.1) is 11.3 Å². The monoisotopic (exact) mass is 345 g/mol. The molecule has 0 bridgehead atoms. The number of carbonyl (C=O) groups excluding carboxylic acids is 1. The van der Waals surface area contributed by atoms with E-state index in [2.05, 4.69) is 25.2 Å². The molecule has 4 atom stereocenters. The number of ether oxygens (including phenoxy) is 3. The number of esters is 1. The molecule has 0 amide bonds. The zero-order valence-corrected chi connectivity index (χ0v) is 15.2. The predicted octanol–water partition coefficient (Wildman–Crippen LogP) is 2.85. The van der Waals surface area contributed by atoms with Crippen LogP contribution in [0.2, 0.25) is 0 Å². The van der Waals surface area contributed by atoms with Gasteiger partial charge in [0.2, 0.25) is 0 Å². The minimum absolute atomic E-state index is 0.0365. The lowest BCUT2D eigenvalue weighted by atomic mass is 9.63. The van der Waals surface area contributed by atoms with Crippen LogP contribution in [0.15, 0.2) is 24.3 Å². The molecule has 3 aliphatic rings. The summed E-state index contributed by atoms with van der Waals surface area (Å²) in [5.41, 5.74) is 0.0753. The fourth-order valence-corrected chi connectivity index (χ4v) is 4.74. The summed E-state index contributed by atoms with van der Waals surface area (Å²) in [6.45, 7) is 7.92. The molecule has 25 heavy (non-hydrogen) atoms. The summed E-state index contributed by atoms with van der Waals surface area (Å²) in [7, 11) is 0. The van der Waals surface area contributed by atoms with Crippen molar-refractivity contribution >= 4 is 5.97 Å². The summed E-state index contributed by atoms with van der Waals surface area (Å²) in [5, 5.41) is 3.38. The highest BCUT2D eigenvalue weighted by Gasteiger charge is 2.60. The first-order valence-electron chi connectivity index (χ1n) is 9.29. The van der Waals surface area contributed by atoms with Crippen LogP contribution < -0.4 is 10.1 Å². The molecule has 1 aromatic rings. The molecule has 0 aliphatic carbocycles. The van der Waals surface area contributed by atoms with Gasteiger partial charge in [-0.3, -0.25) is 4.79 Å². The van der Waals surface area contributed by atoms with E-state index >= 15 is 0 Å². The van der Waals surface area contributed by atoms with Crippen molar-refractivity contribution in [1.29, 1.82) is 0 Å². The number of piperidine rings is 1. The molecular weight excluding hydrogens is 318 g/mol. The maximum Gasteiger partial charge on any atom is 0.316 e. The van der Waals surface area contributed by atoms with Gasteiger partial charge in [0.25, 0.3) is 0 Å². The van der Waals surface area contributed by atoms with Crippen molar-refractivity contribution in [3.05, 3.63) is 29.8 Å². The van der Waals surface area contributed by atoms with Gasteiger partial charge in [-0.05, 0) is 46.2 Å². The van der Waals surface area contributed by atoms with Gasteiger partial charge in [0, 0.05) is 18.0 Å². The first-order chi connectivity index (χ1) is 12.0. The zero-order chi connectivity index (χ0) is 17.7. The van der Waals surface area contributed by atoms with E-state index in [9.17, 15) is 4.79 Å². The van der Waals surface area contributed by atoms with Crippen molar-refractivity contribution in [2.45, 2.75) is 51.4 Å². The van der Waals surface area contributed by atoms with Crippen molar-refractivity contribution in [2.75, 3.05) is 19.7 Å². The molecule has 1 aromatic carbocycles. The van der Waals surface area contributed by atoms with Gasteiger partial charge in [-0.15, -0.1) is 0 Å². The van der Waals surface area contributed by atoms with E-state index in [-0.39, 0.29) is 24.1 Å². The highest BCUT2D eigenvalue weighted by atomic mass is 16.5. The fraction of sp³-hybridized carbons (Fsp3) is 0.650. The standard InChI is InChI=1S/C20H27NO4/c1-4-23-18(22)20-11-14-17(24-16(20)9-10-21-12-20)13-7-5-6-8-15(13)25-19(14,2)3/h5-8,14,16-17,21H,4,9-12H2,1-3H3/t14-,16-,17+,20-/m1/s1. The number of nitrogens with one attached hydrogen (secondary N) is 1. The summed E-state index contributed by atoms with van der Waals surface area (Å²) >= 11 is 0. The van der Waals surface area contributed by atoms with Crippen LogP contribution in [0.3, 0.4) is 0 Å². The van der Waals surface area contributed by atoms with Crippen LogP contribution in [0.4, 0.5) is 0 Å². The number of rotatable bonds is 2. The van der Waals surface area contributed by atoms with E-state index in [0.29, 0.717) is 13.2 Å². The third kappa shape index (κ3) is 2.56. The lowest BCUT2D eigenvalue weighted by molar-refractivity contribution is -0.223. The zero-order valence-electron chi connectivity index (χ0n) is 15.2. The molecule has 0 unspecified atom stereocenters. The highest BCUT2D eigenvalue weighted by molar-refractivity contribution is 5.78. The fourth-order valence-electron chi connectivity index (χ4n) is 4.74. The first-order valence-corrected chi connectivity index (χ1v) is 9.29. The summed E-state index contributed by atoms with van der Waals surface area (Å²) in [5.74, 6) is 0.856. The molecule has 1 N–H and O–H groups in total. The molecule has 5 heteroatoms. The summed E-state index contributed by atoms with van der Waals surface area (Å²) in [4.78, 5) is 12.9. The molecule has 3 aliphatic heterocycles. The smallest absolute Gasteiger partial charge is 0.316 e. The average Bonchev–Trinajstić information content (AvgIpc) is 2.60. The molecule has 0 saturated carbocycles. The Morgan fingerprint density at radius 1 is 1.36 bits per heavy atom. The van der Waals surface area contributed by atoms with Crippen LogP contribution in [0.5, 0.6) is 5.75 Å². The lowest BCUT2D eigenvalue weighted by Crippen LogP contribution is -2.63. The van der Waals surface area contributed by atoms with Crippen LogP contribution in [0.25, 0.3) is 0 Å². The SMILES string of the molecule is CCOC(=O)[C@]12CNCC[C@H]1O[C@H]1c3ccccc3OC(C)(C)[C@@H]1C2. The second kappa shape index (κ2) is 5.99. The Morgan fingerprint density at radius 3 is 2.96 bits per heavy atom. The van der Waals surface area contributed by atoms with Crippen molar-refractivity contribution < 1.29 is 19.0 Å². The second-order valence-electron chi connectivity index (χ2n) is 7.94. The number of para-hydroxylation sites is 1. The highest BCUT2D eigenvalue weighted by Crippen LogP contribution is 2.56. The molecule has 0 radical (unpaired) electrons. The van der Waals surface area contributed by atoms with E-state index < -0.39 is 11.0 Å². The van der Waals surface area contributed by atoms with Gasteiger partial charge in [-0.2, -0.15) is 0 Å². The van der Waals surface area contributed by atoms with Gasteiger partial charge in [-0.25, -0.2) is 0 Å². The van der Waals surface area contributed by atoms with E-state index in [1.165, 1.54) is 0 Å². The van der Waals surface area contributed by atoms with Crippen molar-refractivity contribution in [3.8, 4) is 5.75 Å². The molecule has 0 aromatic heterocycles. The normalized spacial score (nSPS) is 35.6. The summed E-state index contributed by atoms with van der Waals surface area (Å²) < 4.78 is 18.4. The Bertz CT molecular complexity index is 673. The Hall–Kier alpha value is -1.59. The average molecular weight is 345 g/mol. The molecule has 136 valence electrons. The number of hydrogen-bond donors (Lipinski definition) is 1. The molecule has 0 spiro atoms. The predicted molar refractivity (Wildman–Crippen MR) is 93.4 cm³/mol. The van der Waals surface area contributed by atoms with E-state index in [4.69, 9.17) is 14.2 Å². The van der Waals surface area contributed by atoms with E-state index in [1.807, 2.05) is 25.1 Å². The number of carbonyl (C=O) groups is 1. The summed E-state index contributed by atoms with van der Waals surface area (Å²) in [6, 6.07) is 8.11. The van der Waals surface area contributed by atoms with E-state index in [1.54, 1.807) is 0 Å². The maximum atomic E-state index is 12.9. The largest absolute Gasteiger partial charge is 0.487 e. The van der Waals surface area contributed by atoms with E-state index in [0.717, 1.165) is 30.7 Å². The van der Waals surface area contributed by atoms with Gasteiger partial charge in [0.15, 0.2) is 0 Å². The number of hydrogen-bond acceptors (Lipinski definition) is 5. The molecule has 2 fully saturated rings. The Balaban J connectivity index is 1.75. The van der Waals surface area contributed by atoms with Crippen LogP contribution in [-0.4, -0.2) is 37.4 Å². The van der Waals surface area contributed by atoms with Gasteiger partial charge >= 0.3 is 5.97 Å². The Labute approximate surface area is 149 Å². The molecule has 2 saturated heterocycles. The van der Waals surface area contributed by atoms with Crippen molar-refractivity contribution in [2.24, 2.45) is 11.3 Å². The molecule has 3 heterocycles. The minimum Gasteiger partial charge on any atom is -0.487 e. The third-order valence-electron chi connectivity index (χ3n) is 6.07. The first kappa shape index (κ1) is 16.9. The van der Waals surface area contributed by atoms with Gasteiger partial charge in [0.05, 0.1) is 18.8 Å². The quantitative estimate of drug-likeness (QED) is 0.836. The van der Waals surface area contributed by atoms with Gasteiger partial charge < -0.3 is 19.5 Å². The summed E-state index contributed by atoms with van der Waals surface area (Å²) in [6.07, 6.45) is 1.39. The second-order valence-corrected chi connectivity index (χ2v) is 7.94. The van der Waals surface area contributed by atoms with Crippen molar-refractivity contribution in [3.63, 3.8) is 0 Å². The van der Waals surface area contributed by atoms with Crippen molar-refractivity contribution in [1.82, 2.24) is 5.32 Å². The Morgan fingerprint density at radius 2 is 2.16 bits per heavy atom. The molecular formula is C20H27NO4. The lowest BCUT2D eigenvalue weighted by Gasteiger charge is -2.55. The van der Waals surface area contributed by atoms with Crippen LogP contribution in [-0.2, 0) is 14.3 Å². The molecule has 4 rings (SSSR count). The Kier molecular flexibility index (Phi) is 4.04. The van der Waals surface area contributed by atoms with Crippen LogP contribution >= 0.6 is 0 Å². The minimum atomic E-state index is -0.623. The number of benzene rings is 1. The van der Waals surface area contributed by atoms with Gasteiger partial charge in [-0.1, -0.05) is 18.2 Å². The third-order valence-corrected chi connectivity index (χ3v) is 6.07. The van der Waals surface area contributed by atoms with Gasteiger partial charge in [0.1, 0.15) is 16.8 Å².